The third-order valence-corrected chi connectivity index (χ3v) is 4.28. The summed E-state index contributed by atoms with van der Waals surface area (Å²) in [5, 5.41) is 4.37. The van der Waals surface area contributed by atoms with Crippen LogP contribution in [0.5, 0.6) is 0 Å². The van der Waals surface area contributed by atoms with Crippen molar-refractivity contribution in [2.24, 2.45) is 12.9 Å². The maximum absolute atomic E-state index is 5.56. The van der Waals surface area contributed by atoms with Crippen molar-refractivity contribution in [2.75, 3.05) is 12.0 Å². The standard InChI is InChI=1S/C10H19BrN4S/c1-7-10(11)9(15(2)14-7)6-8(13-12)4-5-16-3/h8,13H,4-6,12H2,1-3H3. The van der Waals surface area contributed by atoms with E-state index in [9.17, 15) is 0 Å². The Kier molecular flexibility index (Phi) is 5.82. The monoisotopic (exact) mass is 306 g/mol. The summed E-state index contributed by atoms with van der Waals surface area (Å²) in [6.07, 6.45) is 4.07. The van der Waals surface area contributed by atoms with E-state index in [1.54, 1.807) is 0 Å². The largest absolute Gasteiger partial charge is 0.271 e. The number of aryl methyl sites for hydroxylation is 2. The molecule has 92 valence electrons. The lowest BCUT2D eigenvalue weighted by Gasteiger charge is -2.15. The van der Waals surface area contributed by atoms with Gasteiger partial charge in [0.1, 0.15) is 0 Å². The maximum atomic E-state index is 5.56. The van der Waals surface area contributed by atoms with Crippen LogP contribution < -0.4 is 11.3 Å². The summed E-state index contributed by atoms with van der Waals surface area (Å²) in [6.45, 7) is 2.00. The van der Waals surface area contributed by atoms with Gasteiger partial charge in [-0.1, -0.05) is 0 Å². The normalized spacial score (nSPS) is 13.1. The lowest BCUT2D eigenvalue weighted by Crippen LogP contribution is -2.37. The minimum Gasteiger partial charge on any atom is -0.271 e. The van der Waals surface area contributed by atoms with Crippen molar-refractivity contribution < 1.29 is 0 Å². The number of nitrogens with one attached hydrogen (secondary N) is 1. The van der Waals surface area contributed by atoms with Crippen LogP contribution in [0.4, 0.5) is 0 Å². The molecule has 0 aliphatic carbocycles. The number of aromatic nitrogens is 2. The van der Waals surface area contributed by atoms with Crippen LogP contribution in [0.3, 0.4) is 0 Å². The van der Waals surface area contributed by atoms with E-state index >= 15 is 0 Å². The fraction of sp³-hybridized carbons (Fsp3) is 0.700. The van der Waals surface area contributed by atoms with Gasteiger partial charge in [-0.2, -0.15) is 16.9 Å². The van der Waals surface area contributed by atoms with Gasteiger partial charge in [0, 0.05) is 19.5 Å². The third kappa shape index (κ3) is 3.48. The first-order valence-corrected chi connectivity index (χ1v) is 7.41. The van der Waals surface area contributed by atoms with Crippen molar-refractivity contribution in [3.8, 4) is 0 Å². The van der Waals surface area contributed by atoms with Crippen LogP contribution in [-0.4, -0.2) is 27.8 Å². The lowest BCUT2D eigenvalue weighted by atomic mass is 10.1. The van der Waals surface area contributed by atoms with Crippen LogP contribution in [0.25, 0.3) is 0 Å². The lowest BCUT2D eigenvalue weighted by molar-refractivity contribution is 0.497. The van der Waals surface area contributed by atoms with E-state index in [-0.39, 0.29) is 0 Å². The number of rotatable bonds is 6. The summed E-state index contributed by atoms with van der Waals surface area (Å²) in [6, 6.07) is 0.304. The minimum absolute atomic E-state index is 0.304. The van der Waals surface area contributed by atoms with Crippen molar-refractivity contribution in [3.05, 3.63) is 15.9 Å². The second kappa shape index (κ2) is 6.64. The number of hydrogen-bond acceptors (Lipinski definition) is 4. The minimum atomic E-state index is 0.304. The molecule has 3 N–H and O–H groups in total. The van der Waals surface area contributed by atoms with E-state index in [4.69, 9.17) is 5.84 Å². The van der Waals surface area contributed by atoms with Gasteiger partial charge in [0.25, 0.3) is 0 Å². The van der Waals surface area contributed by atoms with Gasteiger partial charge in [-0.25, -0.2) is 0 Å². The molecule has 1 atom stereocenters. The summed E-state index contributed by atoms with van der Waals surface area (Å²) in [4.78, 5) is 0. The van der Waals surface area contributed by atoms with Crippen molar-refractivity contribution in [1.82, 2.24) is 15.2 Å². The third-order valence-electron chi connectivity index (χ3n) is 2.61. The molecule has 1 aromatic heterocycles. The molecule has 4 nitrogen and oxygen atoms in total. The van der Waals surface area contributed by atoms with Gasteiger partial charge in [0.15, 0.2) is 0 Å². The van der Waals surface area contributed by atoms with Crippen LogP contribution in [0, 0.1) is 6.92 Å². The summed E-state index contributed by atoms with van der Waals surface area (Å²) < 4.78 is 3.02. The summed E-state index contributed by atoms with van der Waals surface area (Å²) >= 11 is 5.41. The molecule has 1 rings (SSSR count). The number of hydrazine groups is 1. The van der Waals surface area contributed by atoms with E-state index in [2.05, 4.69) is 32.7 Å². The number of thioether (sulfide) groups is 1. The molecule has 1 unspecified atom stereocenters. The first kappa shape index (κ1) is 14.0. The van der Waals surface area contributed by atoms with E-state index in [0.717, 1.165) is 28.8 Å². The first-order chi connectivity index (χ1) is 7.60. The zero-order valence-corrected chi connectivity index (χ0v) is 12.4. The molecule has 1 heterocycles. The van der Waals surface area contributed by atoms with Crippen molar-refractivity contribution in [3.63, 3.8) is 0 Å². The molecule has 0 fully saturated rings. The predicted molar refractivity (Wildman–Crippen MR) is 73.5 cm³/mol. The Bertz CT molecular complexity index is 340. The zero-order chi connectivity index (χ0) is 12.1. The molecule has 0 saturated heterocycles. The van der Waals surface area contributed by atoms with Gasteiger partial charge >= 0.3 is 0 Å². The van der Waals surface area contributed by atoms with Crippen molar-refractivity contribution in [2.45, 2.75) is 25.8 Å². The second-order valence-corrected chi connectivity index (χ2v) is 5.60. The van der Waals surface area contributed by atoms with Crippen LogP contribution in [0.15, 0.2) is 4.47 Å². The van der Waals surface area contributed by atoms with Crippen LogP contribution in [0.2, 0.25) is 0 Å². The van der Waals surface area contributed by atoms with Gasteiger partial charge in [-0.3, -0.25) is 16.0 Å². The second-order valence-electron chi connectivity index (χ2n) is 3.82. The molecular formula is C10H19BrN4S. The first-order valence-electron chi connectivity index (χ1n) is 5.23. The number of halogens is 1. The SMILES string of the molecule is CSCCC(Cc1c(Br)c(C)nn1C)NN. The average Bonchev–Trinajstić information content (AvgIpc) is 2.50. The quantitative estimate of drug-likeness (QED) is 0.619. The molecule has 0 aliphatic heterocycles. The van der Waals surface area contributed by atoms with Crippen LogP contribution >= 0.6 is 27.7 Å². The van der Waals surface area contributed by atoms with Gasteiger partial charge in [0.05, 0.1) is 15.9 Å². The topological polar surface area (TPSA) is 55.9 Å². The summed E-state index contributed by atoms with van der Waals surface area (Å²) in [7, 11) is 1.97. The predicted octanol–water partition coefficient (Wildman–Crippen LogP) is 1.62. The smallest absolute Gasteiger partial charge is 0.0738 e. The van der Waals surface area contributed by atoms with Crippen molar-refractivity contribution >= 4 is 27.7 Å². The summed E-state index contributed by atoms with van der Waals surface area (Å²) in [5.74, 6) is 6.68. The van der Waals surface area contributed by atoms with E-state index in [0.29, 0.717) is 6.04 Å². The molecule has 0 spiro atoms. The highest BCUT2D eigenvalue weighted by Gasteiger charge is 2.15. The maximum Gasteiger partial charge on any atom is 0.0738 e. The van der Waals surface area contributed by atoms with E-state index in [1.165, 1.54) is 5.69 Å². The fourth-order valence-electron chi connectivity index (χ4n) is 1.64. The highest BCUT2D eigenvalue weighted by Crippen LogP contribution is 2.22. The van der Waals surface area contributed by atoms with E-state index < -0.39 is 0 Å². The highest BCUT2D eigenvalue weighted by atomic mass is 79.9. The Labute approximate surface area is 109 Å². The molecule has 0 amide bonds. The average molecular weight is 307 g/mol. The Morgan fingerprint density at radius 3 is 2.75 bits per heavy atom. The number of nitrogens with two attached hydrogens (primary N) is 1. The van der Waals surface area contributed by atoms with Gasteiger partial charge in [0.2, 0.25) is 0 Å². The van der Waals surface area contributed by atoms with Gasteiger partial charge in [-0.05, 0) is 41.3 Å². The van der Waals surface area contributed by atoms with Gasteiger partial charge in [-0.15, -0.1) is 0 Å². The Balaban J connectivity index is 2.69. The number of hydrogen-bond donors (Lipinski definition) is 2. The zero-order valence-electron chi connectivity index (χ0n) is 9.96. The highest BCUT2D eigenvalue weighted by molar-refractivity contribution is 9.10. The Hall–Kier alpha value is -0.0400. The van der Waals surface area contributed by atoms with Gasteiger partial charge < -0.3 is 0 Å². The Morgan fingerprint density at radius 1 is 1.62 bits per heavy atom. The Morgan fingerprint density at radius 2 is 2.31 bits per heavy atom. The molecule has 16 heavy (non-hydrogen) atoms. The molecule has 0 bridgehead atoms. The molecule has 1 aromatic rings. The van der Waals surface area contributed by atoms with Crippen LogP contribution in [-0.2, 0) is 13.5 Å². The molecule has 6 heteroatoms. The summed E-state index contributed by atoms with van der Waals surface area (Å²) in [5.41, 5.74) is 5.10. The fourth-order valence-corrected chi connectivity index (χ4v) is 2.66. The van der Waals surface area contributed by atoms with Crippen molar-refractivity contribution in [1.29, 1.82) is 0 Å². The molecule has 0 radical (unpaired) electrons. The molecule has 0 saturated carbocycles. The van der Waals surface area contributed by atoms with Crippen LogP contribution in [0.1, 0.15) is 17.8 Å². The van der Waals surface area contributed by atoms with E-state index in [1.807, 2.05) is 30.4 Å². The number of nitrogens with zero attached hydrogens (tertiary/aromatic N) is 2. The molecular weight excluding hydrogens is 288 g/mol. The molecule has 0 aromatic carbocycles. The molecule has 0 aliphatic rings.